The third kappa shape index (κ3) is 4.22. The van der Waals surface area contributed by atoms with Crippen molar-refractivity contribution in [1.82, 2.24) is 0 Å². The second kappa shape index (κ2) is 10.2. The Kier molecular flexibility index (Phi) is 6.95. The van der Waals surface area contributed by atoms with Crippen LogP contribution in [0.5, 0.6) is 0 Å². The molecule has 0 radical (unpaired) electrons. The molecule has 2 aromatic rings. The predicted octanol–water partition coefficient (Wildman–Crippen LogP) is 4.85. The van der Waals surface area contributed by atoms with Gasteiger partial charge < -0.3 is 23.7 Å². The first-order valence-corrected chi connectivity index (χ1v) is 14.8. The zero-order chi connectivity index (χ0) is 30.9. The molecule has 228 valence electrons. The molecule has 2 saturated carbocycles. The van der Waals surface area contributed by atoms with Gasteiger partial charge in [0.15, 0.2) is 6.10 Å². The minimum absolute atomic E-state index is 0.131. The first-order valence-electron chi connectivity index (χ1n) is 14.8. The normalized spacial score (nSPS) is 36.7. The zero-order valence-corrected chi connectivity index (χ0v) is 25.1. The Morgan fingerprint density at radius 2 is 1.77 bits per heavy atom. The van der Waals surface area contributed by atoms with E-state index in [0.29, 0.717) is 18.4 Å². The summed E-state index contributed by atoms with van der Waals surface area (Å²) in [7, 11) is 1.20. The summed E-state index contributed by atoms with van der Waals surface area (Å²) in [6.45, 7) is 7.60. The van der Waals surface area contributed by atoms with Gasteiger partial charge in [-0.25, -0.2) is 9.59 Å². The molecule has 2 heterocycles. The number of hydrogen-bond donors (Lipinski definition) is 1. The lowest BCUT2D eigenvalue weighted by Gasteiger charge is -2.64. The van der Waals surface area contributed by atoms with Crippen LogP contribution in [0.1, 0.15) is 69.0 Å². The number of carbonyl (C=O) groups is 4. The lowest BCUT2D eigenvalue weighted by molar-refractivity contribution is -0.202. The number of cyclic esters (lactones) is 1. The van der Waals surface area contributed by atoms with Gasteiger partial charge in [0.2, 0.25) is 0 Å². The van der Waals surface area contributed by atoms with Crippen molar-refractivity contribution in [2.24, 2.45) is 39.9 Å². The molecule has 0 unspecified atom stereocenters. The van der Waals surface area contributed by atoms with Gasteiger partial charge in [0.1, 0.15) is 18.0 Å². The number of aliphatic hydroxyl groups is 1. The number of methoxy groups -OCH3 is 1. The molecule has 3 fully saturated rings. The van der Waals surface area contributed by atoms with Gasteiger partial charge in [0.05, 0.1) is 37.5 Å². The highest BCUT2D eigenvalue weighted by atomic mass is 16.6. The third-order valence-electron chi connectivity index (χ3n) is 11.1. The van der Waals surface area contributed by atoms with Crippen molar-refractivity contribution in [3.8, 4) is 0 Å². The zero-order valence-electron chi connectivity index (χ0n) is 25.1. The molecule has 9 nitrogen and oxygen atoms in total. The molecule has 6 rings (SSSR count). The second-order valence-electron chi connectivity index (χ2n) is 13.6. The summed E-state index contributed by atoms with van der Waals surface area (Å²) in [6.07, 6.45) is 3.25. The molecule has 1 aromatic heterocycles. The van der Waals surface area contributed by atoms with Crippen LogP contribution in [0.4, 0.5) is 0 Å². The van der Waals surface area contributed by atoms with Crippen LogP contribution in [0, 0.1) is 39.9 Å². The maximum absolute atomic E-state index is 14.6. The number of esters is 3. The summed E-state index contributed by atoms with van der Waals surface area (Å²) in [5, 5.41) is 11.6. The number of rotatable bonds is 5. The van der Waals surface area contributed by atoms with Gasteiger partial charge in [-0.05, 0) is 42.9 Å². The standard InChI is InChI=1S/C34H38O9/c1-32(2)26(25(36)31(39)40-5)34(4)22-11-13-33(3)23(16-24(35)42-28(33)19-12-14-41-17-19)20(22)15-21(27(34)37)29(32)43-30(38)18-9-7-6-8-10-18/h6-10,12,14-15,17,21-23,25-26,28-29,36H,11,13,16H2,1-5H3/t21-,22+,23+,25-,26+,28+,29-,33-,34-/m1/s1. The smallest absolute Gasteiger partial charge is 0.338 e. The molecule has 0 amide bonds. The van der Waals surface area contributed by atoms with E-state index in [9.17, 15) is 24.3 Å². The molecule has 4 aliphatic rings. The van der Waals surface area contributed by atoms with Gasteiger partial charge in [-0.3, -0.25) is 9.59 Å². The van der Waals surface area contributed by atoms with Crippen LogP contribution in [0.15, 0.2) is 65.0 Å². The fourth-order valence-corrected chi connectivity index (χ4v) is 9.11. The molecular formula is C34H38O9. The van der Waals surface area contributed by atoms with Gasteiger partial charge in [-0.1, -0.05) is 57.5 Å². The van der Waals surface area contributed by atoms with Crippen LogP contribution >= 0.6 is 0 Å². The number of carbonyl (C=O) groups excluding carboxylic acids is 4. The Labute approximate surface area is 250 Å². The number of Topliss-reactive ketones (excluding diaryl/α,β-unsaturated/α-hetero) is 1. The van der Waals surface area contributed by atoms with Crippen molar-refractivity contribution in [3.63, 3.8) is 0 Å². The first kappa shape index (κ1) is 29.4. The van der Waals surface area contributed by atoms with Gasteiger partial charge in [0.25, 0.3) is 0 Å². The van der Waals surface area contributed by atoms with Crippen molar-refractivity contribution in [1.29, 1.82) is 0 Å². The number of ketones is 1. The Balaban J connectivity index is 1.50. The van der Waals surface area contributed by atoms with E-state index < -0.39 is 58.3 Å². The summed E-state index contributed by atoms with van der Waals surface area (Å²) >= 11 is 0. The number of benzene rings is 1. The van der Waals surface area contributed by atoms with Gasteiger partial charge in [0, 0.05) is 27.7 Å². The van der Waals surface area contributed by atoms with Crippen LogP contribution in [-0.4, -0.2) is 48.1 Å². The van der Waals surface area contributed by atoms with E-state index in [0.717, 1.165) is 11.1 Å². The average molecular weight is 591 g/mol. The van der Waals surface area contributed by atoms with Crippen LogP contribution in [0.3, 0.4) is 0 Å². The average Bonchev–Trinajstić information content (AvgIpc) is 3.52. The third-order valence-corrected chi connectivity index (χ3v) is 11.1. The Hall–Kier alpha value is -3.72. The molecule has 1 aromatic carbocycles. The largest absolute Gasteiger partial charge is 0.472 e. The summed E-state index contributed by atoms with van der Waals surface area (Å²) in [6, 6.07) is 10.3. The van der Waals surface area contributed by atoms with Crippen molar-refractivity contribution in [3.05, 3.63) is 71.7 Å². The minimum Gasteiger partial charge on any atom is -0.472 e. The van der Waals surface area contributed by atoms with Crippen molar-refractivity contribution < 1.29 is 42.9 Å². The Bertz CT molecular complexity index is 1470. The summed E-state index contributed by atoms with van der Waals surface area (Å²) < 4.78 is 22.4. The number of ether oxygens (including phenoxy) is 3. The monoisotopic (exact) mass is 590 g/mol. The quantitative estimate of drug-likeness (QED) is 0.295. The van der Waals surface area contributed by atoms with E-state index in [4.69, 9.17) is 18.6 Å². The van der Waals surface area contributed by atoms with Crippen molar-refractivity contribution in [2.75, 3.05) is 7.11 Å². The Morgan fingerprint density at radius 3 is 2.42 bits per heavy atom. The summed E-state index contributed by atoms with van der Waals surface area (Å²) in [4.78, 5) is 54.0. The molecule has 9 atom stereocenters. The predicted molar refractivity (Wildman–Crippen MR) is 152 cm³/mol. The van der Waals surface area contributed by atoms with E-state index in [2.05, 4.69) is 6.92 Å². The van der Waals surface area contributed by atoms with Crippen LogP contribution in [-0.2, 0) is 28.6 Å². The number of allylic oxidation sites excluding steroid dienone is 1. The molecule has 2 bridgehead atoms. The lowest BCUT2D eigenvalue weighted by atomic mass is 9.40. The Morgan fingerprint density at radius 1 is 1.05 bits per heavy atom. The fraction of sp³-hybridized carbons (Fsp3) is 0.529. The lowest BCUT2D eigenvalue weighted by Crippen LogP contribution is -2.69. The first-order chi connectivity index (χ1) is 20.4. The summed E-state index contributed by atoms with van der Waals surface area (Å²) in [5.41, 5.74) is -0.688. The van der Waals surface area contributed by atoms with E-state index >= 15 is 0 Å². The van der Waals surface area contributed by atoms with E-state index in [-0.39, 0.29) is 30.0 Å². The van der Waals surface area contributed by atoms with Crippen molar-refractivity contribution in [2.45, 2.75) is 65.3 Å². The van der Waals surface area contributed by atoms with Crippen LogP contribution in [0.25, 0.3) is 0 Å². The summed E-state index contributed by atoms with van der Waals surface area (Å²) in [5.74, 6) is -4.39. The highest BCUT2D eigenvalue weighted by molar-refractivity contribution is 5.95. The number of hydrogen-bond acceptors (Lipinski definition) is 9. The molecule has 1 saturated heterocycles. The topological polar surface area (TPSA) is 129 Å². The fourth-order valence-electron chi connectivity index (χ4n) is 9.11. The number of aliphatic hydroxyl groups excluding tert-OH is 1. The molecule has 9 heteroatoms. The van der Waals surface area contributed by atoms with Gasteiger partial charge >= 0.3 is 17.9 Å². The molecule has 43 heavy (non-hydrogen) atoms. The maximum Gasteiger partial charge on any atom is 0.338 e. The van der Waals surface area contributed by atoms with Crippen LogP contribution < -0.4 is 0 Å². The molecule has 0 spiro atoms. The molecule has 3 aliphatic carbocycles. The number of fused-ring (bicyclic) bond motifs is 6. The van der Waals surface area contributed by atoms with Gasteiger partial charge in [-0.2, -0.15) is 0 Å². The molecule has 1 N–H and O–H groups in total. The SMILES string of the molecule is COC(=O)[C@H](O)[C@H]1C(C)(C)[C@H](OC(=O)c2ccccc2)[C@@H]2C=C3[C@@H]4CC(=O)O[C@@H](c5ccoc5)[C@]4(C)CC[C@@H]3[C@@]1(C)C2=O. The van der Waals surface area contributed by atoms with E-state index in [1.807, 2.05) is 26.8 Å². The highest BCUT2D eigenvalue weighted by Crippen LogP contribution is 2.68. The van der Waals surface area contributed by atoms with Gasteiger partial charge in [-0.15, -0.1) is 0 Å². The van der Waals surface area contributed by atoms with E-state index in [1.54, 1.807) is 48.9 Å². The number of furan rings is 1. The second-order valence-corrected chi connectivity index (χ2v) is 13.6. The highest BCUT2D eigenvalue weighted by Gasteiger charge is 2.70. The van der Waals surface area contributed by atoms with E-state index in [1.165, 1.54) is 7.11 Å². The molecular weight excluding hydrogens is 552 g/mol. The van der Waals surface area contributed by atoms with Crippen molar-refractivity contribution >= 4 is 23.7 Å². The van der Waals surface area contributed by atoms with Crippen LogP contribution in [0.2, 0.25) is 0 Å². The minimum atomic E-state index is -1.64. The maximum atomic E-state index is 14.6. The molecule has 1 aliphatic heterocycles.